The lowest BCUT2D eigenvalue weighted by molar-refractivity contribution is 0.279. The predicted molar refractivity (Wildman–Crippen MR) is 34.4 cm³/mol. The van der Waals surface area contributed by atoms with Crippen molar-refractivity contribution in [3.05, 3.63) is 12.7 Å². The summed E-state index contributed by atoms with van der Waals surface area (Å²) in [4.78, 5) is 0. The van der Waals surface area contributed by atoms with Crippen molar-refractivity contribution in [1.82, 2.24) is 0 Å². The summed E-state index contributed by atoms with van der Waals surface area (Å²) in [5.74, 6) is 0.446. The van der Waals surface area contributed by atoms with Gasteiger partial charge in [-0.25, -0.2) is 0 Å². The minimum absolute atomic E-state index is 0.276. The lowest BCUT2D eigenvalue weighted by Gasteiger charge is -2.00. The molecule has 47 valence electrons. The van der Waals surface area contributed by atoms with Gasteiger partial charge in [0.15, 0.2) is 0 Å². The van der Waals surface area contributed by atoms with Crippen LogP contribution in [0.15, 0.2) is 6.08 Å². The maximum absolute atomic E-state index is 8.36. The van der Waals surface area contributed by atoms with Crippen LogP contribution < -0.4 is 0 Å². The first-order chi connectivity index (χ1) is 3.81. The Balaban J connectivity index is 2.98. The smallest absolute Gasteiger partial charge is 0.0431 e. The van der Waals surface area contributed by atoms with Gasteiger partial charge in [0.05, 0.1) is 0 Å². The summed E-state index contributed by atoms with van der Waals surface area (Å²) in [5, 5.41) is 8.36. The molecule has 1 unspecified atom stereocenters. The fourth-order valence-electron chi connectivity index (χ4n) is 0.509. The van der Waals surface area contributed by atoms with Crippen molar-refractivity contribution >= 4 is 0 Å². The van der Waals surface area contributed by atoms with Gasteiger partial charge in [0.2, 0.25) is 0 Å². The highest BCUT2D eigenvalue weighted by Crippen LogP contribution is 2.03. The SMILES string of the molecule is [CH]=CC(C)CCCO. The summed E-state index contributed by atoms with van der Waals surface area (Å²) >= 11 is 0. The maximum atomic E-state index is 8.36. The molecule has 0 saturated heterocycles. The van der Waals surface area contributed by atoms with Gasteiger partial charge < -0.3 is 5.11 Å². The summed E-state index contributed by atoms with van der Waals surface area (Å²) in [6, 6.07) is 0. The van der Waals surface area contributed by atoms with Gasteiger partial charge in [-0.15, -0.1) is 0 Å². The van der Waals surface area contributed by atoms with Crippen LogP contribution >= 0.6 is 0 Å². The molecule has 8 heavy (non-hydrogen) atoms. The third-order valence-corrected chi connectivity index (χ3v) is 1.15. The molecule has 0 aromatic heterocycles. The third kappa shape index (κ3) is 3.88. The van der Waals surface area contributed by atoms with E-state index in [0.29, 0.717) is 5.92 Å². The molecule has 1 N–H and O–H groups in total. The molecule has 0 spiro atoms. The monoisotopic (exact) mass is 113 g/mol. The second-order valence-corrected chi connectivity index (χ2v) is 2.04. The number of rotatable bonds is 4. The van der Waals surface area contributed by atoms with Crippen molar-refractivity contribution in [2.24, 2.45) is 5.92 Å². The molecule has 0 aromatic rings. The Morgan fingerprint density at radius 2 is 2.38 bits per heavy atom. The lowest BCUT2D eigenvalue weighted by Crippen LogP contribution is -1.90. The Hall–Kier alpha value is -0.300. The van der Waals surface area contributed by atoms with Crippen molar-refractivity contribution < 1.29 is 5.11 Å². The molecule has 1 atom stereocenters. The van der Waals surface area contributed by atoms with E-state index in [1.807, 2.05) is 6.92 Å². The molecule has 0 saturated carbocycles. The van der Waals surface area contributed by atoms with Crippen LogP contribution in [0.1, 0.15) is 19.8 Å². The maximum Gasteiger partial charge on any atom is 0.0431 e. The first kappa shape index (κ1) is 7.70. The molecule has 0 bridgehead atoms. The Kier molecular flexibility index (Phi) is 4.67. The summed E-state index contributed by atoms with van der Waals surface area (Å²) in [7, 11) is 0. The van der Waals surface area contributed by atoms with Gasteiger partial charge in [-0.05, 0) is 18.8 Å². The average molecular weight is 113 g/mol. The highest BCUT2D eigenvalue weighted by Gasteiger charge is 1.92. The van der Waals surface area contributed by atoms with Crippen LogP contribution in [-0.4, -0.2) is 11.7 Å². The van der Waals surface area contributed by atoms with Crippen molar-refractivity contribution in [2.75, 3.05) is 6.61 Å². The van der Waals surface area contributed by atoms with Crippen LogP contribution in [0.25, 0.3) is 0 Å². The zero-order valence-electron chi connectivity index (χ0n) is 5.30. The van der Waals surface area contributed by atoms with Gasteiger partial charge >= 0.3 is 0 Å². The van der Waals surface area contributed by atoms with E-state index in [-0.39, 0.29) is 6.61 Å². The van der Waals surface area contributed by atoms with Gasteiger partial charge in [-0.2, -0.15) is 0 Å². The van der Waals surface area contributed by atoms with Crippen LogP contribution in [0.5, 0.6) is 0 Å². The zero-order valence-corrected chi connectivity index (χ0v) is 5.30. The lowest BCUT2D eigenvalue weighted by atomic mass is 10.1. The Bertz CT molecular complexity index is 59.4. The van der Waals surface area contributed by atoms with Gasteiger partial charge in [0.25, 0.3) is 0 Å². The number of allylic oxidation sites excluding steroid dienone is 1. The minimum Gasteiger partial charge on any atom is -0.396 e. The third-order valence-electron chi connectivity index (χ3n) is 1.15. The van der Waals surface area contributed by atoms with E-state index in [1.54, 1.807) is 6.08 Å². The second-order valence-electron chi connectivity index (χ2n) is 2.04. The van der Waals surface area contributed by atoms with E-state index in [1.165, 1.54) is 0 Å². The highest BCUT2D eigenvalue weighted by atomic mass is 16.2. The van der Waals surface area contributed by atoms with E-state index in [4.69, 9.17) is 11.7 Å². The first-order valence-corrected chi connectivity index (χ1v) is 2.97. The molecule has 0 aromatic carbocycles. The summed E-state index contributed by atoms with van der Waals surface area (Å²) in [5.41, 5.74) is 0. The Morgan fingerprint density at radius 3 is 2.75 bits per heavy atom. The molecule has 0 heterocycles. The Labute approximate surface area is 51.0 Å². The molecule has 0 amide bonds. The van der Waals surface area contributed by atoms with Crippen molar-refractivity contribution in [3.8, 4) is 0 Å². The van der Waals surface area contributed by atoms with Crippen molar-refractivity contribution in [1.29, 1.82) is 0 Å². The molecular formula is C7H13O. The van der Waals surface area contributed by atoms with Gasteiger partial charge in [0, 0.05) is 6.61 Å². The molecule has 0 aliphatic heterocycles. The molecule has 0 aliphatic carbocycles. The molecular weight excluding hydrogens is 100 g/mol. The van der Waals surface area contributed by atoms with Gasteiger partial charge in [-0.3, -0.25) is 0 Å². The fraction of sp³-hybridized carbons (Fsp3) is 0.714. The predicted octanol–water partition coefficient (Wildman–Crippen LogP) is 1.38. The van der Waals surface area contributed by atoms with Crippen LogP contribution in [0.2, 0.25) is 0 Å². The van der Waals surface area contributed by atoms with Crippen molar-refractivity contribution in [2.45, 2.75) is 19.8 Å². The van der Waals surface area contributed by atoms with E-state index in [0.717, 1.165) is 12.8 Å². The normalized spacial score (nSPS) is 13.2. The van der Waals surface area contributed by atoms with E-state index < -0.39 is 0 Å². The standard InChI is InChI=1S/C7H13O/c1-3-7(2)5-4-6-8/h1,3,7-8H,4-6H2,2H3. The minimum atomic E-state index is 0.276. The van der Waals surface area contributed by atoms with E-state index >= 15 is 0 Å². The van der Waals surface area contributed by atoms with Crippen LogP contribution in [0.3, 0.4) is 0 Å². The quantitative estimate of drug-likeness (QED) is 0.584. The number of aliphatic hydroxyl groups is 1. The summed E-state index contributed by atoms with van der Waals surface area (Å²) in [6.45, 7) is 7.52. The Morgan fingerprint density at radius 1 is 1.75 bits per heavy atom. The van der Waals surface area contributed by atoms with Crippen LogP contribution in [0, 0.1) is 12.5 Å². The number of hydrogen-bond donors (Lipinski definition) is 1. The number of aliphatic hydroxyl groups excluding tert-OH is 1. The molecule has 1 radical (unpaired) electrons. The molecule has 1 nitrogen and oxygen atoms in total. The molecule has 0 rings (SSSR count). The van der Waals surface area contributed by atoms with E-state index in [2.05, 4.69) is 0 Å². The first-order valence-electron chi connectivity index (χ1n) is 2.97. The van der Waals surface area contributed by atoms with Gasteiger partial charge in [0.1, 0.15) is 0 Å². The number of hydrogen-bond acceptors (Lipinski definition) is 1. The molecule has 1 heteroatoms. The van der Waals surface area contributed by atoms with Crippen LogP contribution in [0.4, 0.5) is 0 Å². The van der Waals surface area contributed by atoms with E-state index in [9.17, 15) is 0 Å². The topological polar surface area (TPSA) is 20.2 Å². The average Bonchev–Trinajstić information content (AvgIpc) is 1.83. The van der Waals surface area contributed by atoms with Crippen molar-refractivity contribution in [3.63, 3.8) is 0 Å². The summed E-state index contributed by atoms with van der Waals surface area (Å²) < 4.78 is 0. The summed E-state index contributed by atoms with van der Waals surface area (Å²) in [6.07, 6.45) is 3.51. The molecule has 0 aliphatic rings. The second kappa shape index (κ2) is 4.85. The van der Waals surface area contributed by atoms with Gasteiger partial charge in [-0.1, -0.05) is 19.6 Å². The zero-order chi connectivity index (χ0) is 6.41. The molecule has 0 fully saturated rings. The largest absolute Gasteiger partial charge is 0.396 e. The van der Waals surface area contributed by atoms with Crippen LogP contribution in [-0.2, 0) is 0 Å². The fourth-order valence-corrected chi connectivity index (χ4v) is 0.509. The highest BCUT2D eigenvalue weighted by molar-refractivity contribution is 4.71.